The van der Waals surface area contributed by atoms with Crippen LogP contribution < -0.4 is 0 Å². The van der Waals surface area contributed by atoms with Crippen molar-refractivity contribution in [2.24, 2.45) is 0 Å². The molecule has 23 heavy (non-hydrogen) atoms. The van der Waals surface area contributed by atoms with Crippen LogP contribution in [-0.4, -0.2) is 59.1 Å². The number of benzene rings is 1. The van der Waals surface area contributed by atoms with E-state index in [1.807, 2.05) is 29.2 Å². The van der Waals surface area contributed by atoms with Crippen LogP contribution in [0.15, 0.2) is 24.3 Å². The Bertz CT molecular complexity index is 542. The van der Waals surface area contributed by atoms with Crippen molar-refractivity contribution in [1.29, 1.82) is 0 Å². The lowest BCUT2D eigenvalue weighted by Crippen LogP contribution is -2.45. The predicted octanol–water partition coefficient (Wildman–Crippen LogP) is 2.33. The van der Waals surface area contributed by atoms with Gasteiger partial charge in [0.15, 0.2) is 0 Å². The minimum Gasteiger partial charge on any atom is -0.387 e. The molecule has 0 saturated carbocycles. The summed E-state index contributed by atoms with van der Waals surface area (Å²) < 4.78 is 0. The van der Waals surface area contributed by atoms with Crippen molar-refractivity contribution in [1.82, 2.24) is 9.80 Å². The molecule has 0 unspecified atom stereocenters. The monoisotopic (exact) mass is 336 g/mol. The Hall–Kier alpha value is -1.10. The zero-order valence-corrected chi connectivity index (χ0v) is 14.3. The maximum absolute atomic E-state index is 12.4. The van der Waals surface area contributed by atoms with Crippen molar-refractivity contribution >= 4 is 17.5 Å². The second-order valence-electron chi connectivity index (χ2n) is 6.90. The van der Waals surface area contributed by atoms with Crippen LogP contribution in [-0.2, 0) is 11.2 Å². The van der Waals surface area contributed by atoms with Crippen LogP contribution in [0.1, 0.15) is 31.2 Å². The Morgan fingerprint density at radius 1 is 1.17 bits per heavy atom. The molecule has 1 amide bonds. The number of hydrogen-bond acceptors (Lipinski definition) is 3. The molecule has 1 aromatic carbocycles. The highest BCUT2D eigenvalue weighted by atomic mass is 35.5. The zero-order valence-electron chi connectivity index (χ0n) is 13.5. The number of likely N-dealkylation sites (tertiary alicyclic amines) is 2. The van der Waals surface area contributed by atoms with Crippen molar-refractivity contribution in [3.63, 3.8) is 0 Å². The van der Waals surface area contributed by atoms with Crippen molar-refractivity contribution in [3.8, 4) is 0 Å². The number of nitrogens with zero attached hydrogens (tertiary/aromatic N) is 2. The third-order valence-corrected chi connectivity index (χ3v) is 5.19. The SMILES string of the molecule is O=C(CCc1ccc(Cl)cc1)N1CC[C@](O)(CN2CCCC2)C1. The molecule has 1 N–H and O–H groups in total. The van der Waals surface area contributed by atoms with Gasteiger partial charge in [0.05, 0.1) is 12.1 Å². The molecule has 3 rings (SSSR count). The van der Waals surface area contributed by atoms with E-state index in [9.17, 15) is 9.90 Å². The fourth-order valence-corrected chi connectivity index (χ4v) is 3.74. The number of aliphatic hydroxyl groups is 1. The number of amides is 1. The number of carbonyl (C=O) groups excluding carboxylic acids is 1. The number of carbonyl (C=O) groups is 1. The summed E-state index contributed by atoms with van der Waals surface area (Å²) in [5.41, 5.74) is 0.398. The van der Waals surface area contributed by atoms with Gasteiger partial charge in [0.2, 0.25) is 5.91 Å². The molecule has 0 bridgehead atoms. The summed E-state index contributed by atoms with van der Waals surface area (Å²) in [4.78, 5) is 16.5. The lowest BCUT2D eigenvalue weighted by molar-refractivity contribution is -0.131. The van der Waals surface area contributed by atoms with Gasteiger partial charge < -0.3 is 14.9 Å². The first-order chi connectivity index (χ1) is 11.0. The van der Waals surface area contributed by atoms with E-state index in [1.165, 1.54) is 12.8 Å². The molecular formula is C18H25ClN2O2. The van der Waals surface area contributed by atoms with Crippen LogP contribution >= 0.6 is 11.6 Å². The fraction of sp³-hybridized carbons (Fsp3) is 0.611. The number of aryl methyl sites for hydroxylation is 1. The van der Waals surface area contributed by atoms with Crippen molar-refractivity contribution in [2.45, 2.75) is 37.7 Å². The summed E-state index contributed by atoms with van der Waals surface area (Å²) >= 11 is 5.87. The average Bonchev–Trinajstić information content (AvgIpc) is 3.16. The van der Waals surface area contributed by atoms with Crippen LogP contribution in [0.25, 0.3) is 0 Å². The van der Waals surface area contributed by atoms with Crippen LogP contribution in [0.5, 0.6) is 0 Å². The molecule has 1 atom stereocenters. The molecule has 2 fully saturated rings. The van der Waals surface area contributed by atoms with E-state index in [4.69, 9.17) is 11.6 Å². The molecule has 5 heteroatoms. The summed E-state index contributed by atoms with van der Waals surface area (Å²) in [6, 6.07) is 7.63. The number of β-amino-alcohol motifs (C(OH)–C–C–N with tert-alkyl or cyclic N) is 1. The molecule has 0 aliphatic carbocycles. The van der Waals surface area contributed by atoms with Crippen molar-refractivity contribution < 1.29 is 9.90 Å². The van der Waals surface area contributed by atoms with Crippen LogP contribution in [0.4, 0.5) is 0 Å². The zero-order chi connectivity index (χ0) is 16.3. The normalized spacial score (nSPS) is 25.2. The average molecular weight is 337 g/mol. The van der Waals surface area contributed by atoms with Gasteiger partial charge in [-0.15, -0.1) is 0 Å². The van der Waals surface area contributed by atoms with Gasteiger partial charge in [-0.1, -0.05) is 23.7 Å². The Balaban J connectivity index is 1.47. The first-order valence-corrected chi connectivity index (χ1v) is 8.89. The molecule has 0 aromatic heterocycles. The van der Waals surface area contributed by atoms with Gasteiger partial charge in [-0.2, -0.15) is 0 Å². The van der Waals surface area contributed by atoms with Gasteiger partial charge in [0.1, 0.15) is 0 Å². The predicted molar refractivity (Wildman–Crippen MR) is 91.6 cm³/mol. The quantitative estimate of drug-likeness (QED) is 0.897. The fourth-order valence-electron chi connectivity index (χ4n) is 3.62. The van der Waals surface area contributed by atoms with E-state index in [0.29, 0.717) is 37.5 Å². The van der Waals surface area contributed by atoms with Crippen LogP contribution in [0.3, 0.4) is 0 Å². The molecule has 0 spiro atoms. The van der Waals surface area contributed by atoms with E-state index in [2.05, 4.69) is 4.90 Å². The number of rotatable bonds is 5. The minimum atomic E-state index is -0.722. The van der Waals surface area contributed by atoms with Gasteiger partial charge in [-0.25, -0.2) is 0 Å². The first kappa shape index (κ1) is 16.7. The lowest BCUT2D eigenvalue weighted by Gasteiger charge is -2.28. The summed E-state index contributed by atoms with van der Waals surface area (Å²) in [6.45, 7) is 4.00. The highest BCUT2D eigenvalue weighted by Gasteiger charge is 2.39. The van der Waals surface area contributed by atoms with Crippen molar-refractivity contribution in [3.05, 3.63) is 34.9 Å². The van der Waals surface area contributed by atoms with E-state index < -0.39 is 5.60 Å². The summed E-state index contributed by atoms with van der Waals surface area (Å²) in [7, 11) is 0. The molecule has 2 aliphatic heterocycles. The van der Waals surface area contributed by atoms with Gasteiger partial charge in [0.25, 0.3) is 0 Å². The van der Waals surface area contributed by atoms with E-state index >= 15 is 0 Å². The van der Waals surface area contributed by atoms with Gasteiger partial charge in [0, 0.05) is 24.5 Å². The topological polar surface area (TPSA) is 43.8 Å². The highest BCUT2D eigenvalue weighted by Crippen LogP contribution is 2.25. The maximum Gasteiger partial charge on any atom is 0.223 e. The van der Waals surface area contributed by atoms with Crippen molar-refractivity contribution in [2.75, 3.05) is 32.7 Å². The Morgan fingerprint density at radius 3 is 2.57 bits per heavy atom. The second-order valence-corrected chi connectivity index (χ2v) is 7.34. The highest BCUT2D eigenvalue weighted by molar-refractivity contribution is 6.30. The second kappa shape index (κ2) is 7.20. The largest absolute Gasteiger partial charge is 0.387 e. The first-order valence-electron chi connectivity index (χ1n) is 8.51. The van der Waals surface area contributed by atoms with Gasteiger partial charge in [-0.05, 0) is 56.5 Å². The lowest BCUT2D eigenvalue weighted by atomic mass is 10.0. The molecule has 126 valence electrons. The standard InChI is InChI=1S/C18H25ClN2O2/c19-16-6-3-15(4-7-16)5-8-17(22)21-12-9-18(23,14-21)13-20-10-1-2-11-20/h3-4,6-7,23H,1-2,5,8-14H2/t18-/m0/s1. The Morgan fingerprint density at radius 2 is 1.87 bits per heavy atom. The summed E-state index contributed by atoms with van der Waals surface area (Å²) in [6.07, 6.45) is 4.34. The van der Waals surface area contributed by atoms with Gasteiger partial charge in [-0.3, -0.25) is 4.79 Å². The van der Waals surface area contributed by atoms with Gasteiger partial charge >= 0.3 is 0 Å². The van der Waals surface area contributed by atoms with E-state index in [1.54, 1.807) is 0 Å². The molecule has 2 aliphatic rings. The Kier molecular flexibility index (Phi) is 5.24. The number of hydrogen-bond donors (Lipinski definition) is 1. The van der Waals surface area contributed by atoms with E-state index in [-0.39, 0.29) is 5.91 Å². The molecule has 2 heterocycles. The smallest absolute Gasteiger partial charge is 0.223 e. The third-order valence-electron chi connectivity index (χ3n) is 4.94. The van der Waals surface area contributed by atoms with Crippen LogP contribution in [0, 0.1) is 0 Å². The van der Waals surface area contributed by atoms with E-state index in [0.717, 1.165) is 25.1 Å². The molecule has 0 radical (unpaired) electrons. The molecule has 4 nitrogen and oxygen atoms in total. The minimum absolute atomic E-state index is 0.136. The summed E-state index contributed by atoms with van der Waals surface area (Å²) in [5.74, 6) is 0.136. The molecular weight excluding hydrogens is 312 g/mol. The molecule has 1 aromatic rings. The third kappa shape index (κ3) is 4.46. The molecule has 2 saturated heterocycles. The number of halogens is 1. The Labute approximate surface area is 143 Å². The maximum atomic E-state index is 12.4. The summed E-state index contributed by atoms with van der Waals surface area (Å²) in [5, 5.41) is 11.5. The van der Waals surface area contributed by atoms with Crippen LogP contribution in [0.2, 0.25) is 5.02 Å².